The number of benzene rings is 6. The number of pyridine rings is 2. The minimum absolute atomic E-state index is 0.213. The van der Waals surface area contributed by atoms with E-state index in [1.54, 1.807) is 18.2 Å². The fourth-order valence-electron chi connectivity index (χ4n) is 6.66. The molecule has 0 radical (unpaired) electrons. The number of phenolic OH excluding ortho intramolecular Hbond substituents is 1. The van der Waals surface area contributed by atoms with Gasteiger partial charge >= 0.3 is 0 Å². The fourth-order valence-corrected chi connectivity index (χ4v) is 7.01. The number of rotatable bonds is 4. The van der Waals surface area contributed by atoms with E-state index in [0.29, 0.717) is 11.4 Å². The average Bonchev–Trinajstić information content (AvgIpc) is 3.71. The number of phenols is 1. The lowest BCUT2D eigenvalue weighted by molar-refractivity contribution is 0.475. The molecule has 8 nitrogen and oxygen atoms in total. The van der Waals surface area contributed by atoms with Crippen molar-refractivity contribution in [3.05, 3.63) is 187 Å². The van der Waals surface area contributed by atoms with Gasteiger partial charge < -0.3 is 21.3 Å². The summed E-state index contributed by atoms with van der Waals surface area (Å²) in [5, 5.41) is 13.6. The van der Waals surface area contributed by atoms with Crippen LogP contribution in [0.4, 0.5) is 11.4 Å². The second-order valence-electron chi connectivity index (χ2n) is 12.7. The van der Waals surface area contributed by atoms with Crippen LogP contribution in [0.1, 0.15) is 0 Å². The van der Waals surface area contributed by atoms with Crippen LogP contribution in [-0.2, 0) is 0 Å². The topological polar surface area (TPSA) is 117 Å². The second kappa shape index (κ2) is 15.5. The zero-order valence-corrected chi connectivity index (χ0v) is 31.1. The van der Waals surface area contributed by atoms with Gasteiger partial charge in [-0.15, -0.1) is 0 Å². The molecule has 10 rings (SSSR count). The summed E-state index contributed by atoms with van der Waals surface area (Å²) in [5.41, 5.74) is 16.9. The monoisotopic (exact) mass is 782 g/mol. The fraction of sp³-hybridized carbons (Fsp3) is 0. The van der Waals surface area contributed by atoms with Gasteiger partial charge in [0.2, 0.25) is 0 Å². The Morgan fingerprint density at radius 3 is 1.51 bits per heavy atom. The largest absolute Gasteiger partial charge is 0.508 e. The van der Waals surface area contributed by atoms with Crippen molar-refractivity contribution in [3.8, 4) is 28.9 Å². The lowest BCUT2D eigenvalue weighted by Gasteiger charge is -2.09. The molecule has 0 unspecified atom stereocenters. The Balaban J connectivity index is 0.000000133. The first-order valence-corrected chi connectivity index (χ1v) is 18.3. The van der Waals surface area contributed by atoms with E-state index < -0.39 is 0 Å². The Morgan fingerprint density at radius 2 is 0.964 bits per heavy atom. The molecule has 0 aliphatic heterocycles. The van der Waals surface area contributed by atoms with E-state index in [4.69, 9.17) is 21.3 Å². The summed E-state index contributed by atoms with van der Waals surface area (Å²) >= 11 is 3.56. The normalized spacial score (nSPS) is 10.9. The molecule has 0 fully saturated rings. The van der Waals surface area contributed by atoms with E-state index in [-0.39, 0.29) is 5.75 Å². The number of nitrogen functional groups attached to an aromatic ring is 2. The van der Waals surface area contributed by atoms with Gasteiger partial charge in [-0.05, 0) is 84.9 Å². The third kappa shape index (κ3) is 7.42. The number of aromatic nitrogens is 4. The third-order valence-corrected chi connectivity index (χ3v) is 9.50. The molecule has 0 aliphatic rings. The van der Waals surface area contributed by atoms with Crippen LogP contribution in [0.2, 0.25) is 0 Å². The van der Waals surface area contributed by atoms with Crippen LogP contribution in [0.25, 0.3) is 55.2 Å². The zero-order chi connectivity index (χ0) is 37.7. The van der Waals surface area contributed by atoms with E-state index in [2.05, 4.69) is 102 Å². The summed E-state index contributed by atoms with van der Waals surface area (Å²) in [5.74, 6) is 3.51. The number of anilines is 2. The number of hydrogen-bond donors (Lipinski definition) is 3. The lowest BCUT2D eigenvalue weighted by Crippen LogP contribution is -1.96. The molecular weight excluding hydrogens is 748 g/mol. The van der Waals surface area contributed by atoms with Crippen molar-refractivity contribution in [1.29, 1.82) is 0 Å². The van der Waals surface area contributed by atoms with E-state index >= 15 is 0 Å². The predicted octanol–water partition coefficient (Wildman–Crippen LogP) is 11.5. The highest BCUT2D eigenvalue weighted by Gasteiger charge is 2.14. The number of aromatic hydroxyl groups is 1. The highest BCUT2D eigenvalue weighted by molar-refractivity contribution is 9.10. The molecule has 10 aromatic rings. The maximum atomic E-state index is 8.73. The molecule has 9 heteroatoms. The molecule has 4 heterocycles. The molecule has 5 N–H and O–H groups in total. The van der Waals surface area contributed by atoms with Crippen LogP contribution >= 0.6 is 15.9 Å². The Morgan fingerprint density at radius 1 is 0.455 bits per heavy atom. The average molecular weight is 784 g/mol. The van der Waals surface area contributed by atoms with E-state index in [0.717, 1.165) is 44.0 Å². The van der Waals surface area contributed by atoms with Crippen LogP contribution in [0.15, 0.2) is 187 Å². The Hall–Kier alpha value is -7.10. The quantitative estimate of drug-likeness (QED) is 0.153. The van der Waals surface area contributed by atoms with Gasteiger partial charge in [-0.25, -0.2) is 9.97 Å². The minimum Gasteiger partial charge on any atom is -0.508 e. The van der Waals surface area contributed by atoms with Gasteiger partial charge in [0.15, 0.2) is 0 Å². The molecule has 0 spiro atoms. The molecule has 0 amide bonds. The molecule has 0 aliphatic carbocycles. The molecule has 6 aromatic carbocycles. The minimum atomic E-state index is 0.213. The molecule has 0 saturated heterocycles. The number of nitrogens with zero attached hydrogens (tertiary/aromatic N) is 4. The molecule has 268 valence electrons. The predicted molar refractivity (Wildman–Crippen MR) is 228 cm³/mol. The number of hydrogen-bond acceptors (Lipinski definition) is 6. The molecule has 55 heavy (non-hydrogen) atoms. The van der Waals surface area contributed by atoms with Crippen molar-refractivity contribution in [2.75, 3.05) is 11.5 Å². The Labute approximate surface area is 325 Å². The van der Waals surface area contributed by atoms with E-state index in [1.165, 1.54) is 33.3 Å². The Bertz CT molecular complexity index is 2890. The highest BCUT2D eigenvalue weighted by Crippen LogP contribution is 2.35. The number of ether oxygens (including phenoxy) is 1. The van der Waals surface area contributed by atoms with Crippen LogP contribution < -0.4 is 16.2 Å². The highest BCUT2D eigenvalue weighted by atomic mass is 79.9. The molecule has 4 aromatic heterocycles. The van der Waals surface area contributed by atoms with Crippen molar-refractivity contribution in [2.45, 2.75) is 0 Å². The van der Waals surface area contributed by atoms with Crippen molar-refractivity contribution < 1.29 is 9.84 Å². The summed E-state index contributed by atoms with van der Waals surface area (Å²) in [6, 6.07) is 55.2. The maximum Gasteiger partial charge on any atom is 0.137 e. The summed E-state index contributed by atoms with van der Waals surface area (Å²) in [6.45, 7) is 0. The standard InChI is InChI=1S/C23H17N3O.C17H11BrN2.C6H7NO/c24-16-6-5-7-17(14-16)27-18-11-12-20-19-8-1-2-9-21(19)26(22(20)15-18)23-10-3-4-13-25-23;18-12-8-9-14-13-5-1-2-6-15(13)20(16(14)11-12)17-7-3-4-10-19-17;7-5-2-1-3-6(8)4-5/h1-15H,24H2;1-11H;1-4,8H,7H2. The van der Waals surface area contributed by atoms with E-state index in [1.807, 2.05) is 91.3 Å². The maximum absolute atomic E-state index is 8.73. The van der Waals surface area contributed by atoms with Crippen molar-refractivity contribution in [3.63, 3.8) is 0 Å². The summed E-state index contributed by atoms with van der Waals surface area (Å²) in [6.07, 6.45) is 3.64. The first-order valence-electron chi connectivity index (χ1n) is 17.6. The van der Waals surface area contributed by atoms with E-state index in [9.17, 15) is 0 Å². The van der Waals surface area contributed by atoms with Crippen LogP contribution in [-0.4, -0.2) is 24.2 Å². The third-order valence-electron chi connectivity index (χ3n) is 9.00. The summed E-state index contributed by atoms with van der Waals surface area (Å²) < 4.78 is 11.5. The number of nitrogens with two attached hydrogens (primary N) is 2. The number of halogens is 1. The smallest absolute Gasteiger partial charge is 0.137 e. The second-order valence-corrected chi connectivity index (χ2v) is 13.6. The van der Waals surface area contributed by atoms with Crippen molar-refractivity contribution in [1.82, 2.24) is 19.1 Å². The SMILES string of the molecule is Brc1ccc2c3ccccc3n(-c3ccccn3)c2c1.Nc1cccc(O)c1.Nc1cccc(Oc2ccc3c4ccccc4n(-c4ccccn4)c3c2)c1. The van der Waals surface area contributed by atoms with Gasteiger partial charge in [0.05, 0.1) is 22.1 Å². The van der Waals surface area contributed by atoms with Gasteiger partial charge in [-0.2, -0.15) is 0 Å². The van der Waals surface area contributed by atoms with Gasteiger partial charge in [-0.1, -0.05) is 82.7 Å². The molecule has 0 saturated carbocycles. The van der Waals surface area contributed by atoms with Gasteiger partial charge in [0, 0.05) is 68.0 Å². The number of fused-ring (bicyclic) bond motifs is 6. The number of para-hydroxylation sites is 2. The molecule has 0 atom stereocenters. The van der Waals surface area contributed by atoms with Gasteiger partial charge in [0.1, 0.15) is 28.9 Å². The van der Waals surface area contributed by atoms with Gasteiger partial charge in [-0.3, -0.25) is 9.13 Å². The van der Waals surface area contributed by atoms with Crippen molar-refractivity contribution in [2.24, 2.45) is 0 Å². The molecule has 0 bridgehead atoms. The molecular formula is C46H35BrN6O2. The van der Waals surface area contributed by atoms with Crippen molar-refractivity contribution >= 4 is 70.9 Å². The summed E-state index contributed by atoms with van der Waals surface area (Å²) in [4.78, 5) is 9.05. The van der Waals surface area contributed by atoms with Crippen LogP contribution in [0.5, 0.6) is 17.2 Å². The van der Waals surface area contributed by atoms with Crippen LogP contribution in [0, 0.1) is 0 Å². The zero-order valence-electron chi connectivity index (χ0n) is 29.5. The van der Waals surface area contributed by atoms with Gasteiger partial charge in [0.25, 0.3) is 0 Å². The summed E-state index contributed by atoms with van der Waals surface area (Å²) in [7, 11) is 0. The first-order chi connectivity index (χ1) is 26.9. The lowest BCUT2D eigenvalue weighted by atomic mass is 10.1. The Kier molecular flexibility index (Phi) is 9.84. The van der Waals surface area contributed by atoms with Crippen LogP contribution in [0.3, 0.4) is 0 Å². The first kappa shape index (κ1) is 35.0.